The predicted octanol–water partition coefficient (Wildman–Crippen LogP) is 2.94. The van der Waals surface area contributed by atoms with Crippen LogP contribution in [0.5, 0.6) is 0 Å². The quantitative estimate of drug-likeness (QED) is 0.701. The molecule has 23 heavy (non-hydrogen) atoms. The number of halogens is 2. The summed E-state index contributed by atoms with van der Waals surface area (Å²) in [6, 6.07) is 8.81. The Bertz CT molecular complexity index is 1080. The van der Waals surface area contributed by atoms with E-state index in [4.69, 9.17) is 27.6 Å². The van der Waals surface area contributed by atoms with Crippen molar-refractivity contribution in [2.24, 2.45) is 4.99 Å². The van der Waals surface area contributed by atoms with Crippen molar-refractivity contribution in [1.82, 2.24) is 4.57 Å². The zero-order valence-corrected chi connectivity index (χ0v) is 14.1. The van der Waals surface area contributed by atoms with E-state index < -0.39 is 0 Å². The van der Waals surface area contributed by atoms with Gasteiger partial charge in [0.1, 0.15) is 11.5 Å². The van der Waals surface area contributed by atoms with Crippen molar-refractivity contribution < 1.29 is 4.42 Å². The van der Waals surface area contributed by atoms with Crippen molar-refractivity contribution in [3.05, 3.63) is 65.8 Å². The van der Waals surface area contributed by atoms with Crippen LogP contribution in [0.3, 0.4) is 0 Å². The van der Waals surface area contributed by atoms with Gasteiger partial charge in [0.05, 0.1) is 16.1 Å². The molecule has 0 spiro atoms. The van der Waals surface area contributed by atoms with Crippen LogP contribution in [0, 0.1) is 0 Å². The molecule has 0 saturated carbocycles. The summed E-state index contributed by atoms with van der Waals surface area (Å²) in [5.74, 6) is 1.20. The molecular formula is C16H10Cl2N2O2S. The second-order valence-electron chi connectivity index (χ2n) is 5.06. The number of nitrogens with zero attached hydrogens (tertiary/aromatic N) is 2. The summed E-state index contributed by atoms with van der Waals surface area (Å²) >= 11 is 13.6. The second kappa shape index (κ2) is 5.67. The Labute approximate surface area is 144 Å². The van der Waals surface area contributed by atoms with Gasteiger partial charge in [-0.3, -0.25) is 14.4 Å². The SMILES string of the molecule is O=c1c(=Cc2ccc(-c3cc(Cl)ccc3Cl)o2)sc2n1CCN=2. The first-order chi connectivity index (χ1) is 11.1. The number of hydrogen-bond acceptors (Lipinski definition) is 4. The van der Waals surface area contributed by atoms with E-state index in [1.165, 1.54) is 11.3 Å². The van der Waals surface area contributed by atoms with Gasteiger partial charge >= 0.3 is 0 Å². The smallest absolute Gasteiger partial charge is 0.270 e. The highest BCUT2D eigenvalue weighted by Crippen LogP contribution is 2.31. The van der Waals surface area contributed by atoms with Crippen LogP contribution in [0.4, 0.5) is 0 Å². The third kappa shape index (κ3) is 2.65. The Balaban J connectivity index is 1.79. The molecule has 0 fully saturated rings. The molecule has 0 bridgehead atoms. The Morgan fingerprint density at radius 3 is 2.96 bits per heavy atom. The van der Waals surface area contributed by atoms with Gasteiger partial charge in [-0.05, 0) is 30.3 Å². The molecule has 3 aromatic rings. The number of fused-ring (bicyclic) bond motifs is 1. The van der Waals surface area contributed by atoms with Crippen molar-refractivity contribution in [2.45, 2.75) is 6.54 Å². The molecule has 116 valence electrons. The highest BCUT2D eigenvalue weighted by Gasteiger charge is 2.11. The fourth-order valence-electron chi connectivity index (χ4n) is 2.46. The van der Waals surface area contributed by atoms with Gasteiger partial charge in [0.15, 0.2) is 4.80 Å². The molecule has 0 N–H and O–H groups in total. The van der Waals surface area contributed by atoms with Crippen molar-refractivity contribution in [1.29, 1.82) is 0 Å². The van der Waals surface area contributed by atoms with Crippen molar-refractivity contribution in [3.63, 3.8) is 0 Å². The van der Waals surface area contributed by atoms with Gasteiger partial charge < -0.3 is 4.42 Å². The average molecular weight is 365 g/mol. The van der Waals surface area contributed by atoms with E-state index in [0.717, 1.165) is 10.4 Å². The molecular weight excluding hydrogens is 355 g/mol. The van der Waals surface area contributed by atoms with Crippen molar-refractivity contribution >= 4 is 40.6 Å². The molecule has 0 atom stereocenters. The topological polar surface area (TPSA) is 47.5 Å². The Morgan fingerprint density at radius 1 is 1.26 bits per heavy atom. The monoisotopic (exact) mass is 364 g/mol. The molecule has 4 rings (SSSR count). The van der Waals surface area contributed by atoms with Crippen molar-refractivity contribution in [3.8, 4) is 11.3 Å². The first-order valence-corrected chi connectivity index (χ1v) is 8.50. The highest BCUT2D eigenvalue weighted by atomic mass is 35.5. The maximum absolute atomic E-state index is 12.2. The maximum atomic E-state index is 12.2. The van der Waals surface area contributed by atoms with E-state index in [1.54, 1.807) is 34.9 Å². The highest BCUT2D eigenvalue weighted by molar-refractivity contribution is 7.07. The lowest BCUT2D eigenvalue weighted by molar-refractivity contribution is 0.571. The molecule has 0 aliphatic carbocycles. The number of aromatic nitrogens is 1. The van der Waals surface area contributed by atoms with Crippen LogP contribution in [0.25, 0.3) is 17.4 Å². The number of furan rings is 1. The van der Waals surface area contributed by atoms with Crippen LogP contribution in [0.2, 0.25) is 10.0 Å². The fraction of sp³-hybridized carbons (Fsp3) is 0.125. The van der Waals surface area contributed by atoms with Crippen LogP contribution in [-0.2, 0) is 6.54 Å². The first kappa shape index (κ1) is 14.8. The second-order valence-corrected chi connectivity index (χ2v) is 6.91. The molecule has 7 heteroatoms. The van der Waals surface area contributed by atoms with Crippen LogP contribution in [0.15, 0.2) is 44.5 Å². The van der Waals surface area contributed by atoms with Gasteiger partial charge in [-0.2, -0.15) is 0 Å². The summed E-state index contributed by atoms with van der Waals surface area (Å²) in [6.07, 6.45) is 1.73. The van der Waals surface area contributed by atoms with E-state index >= 15 is 0 Å². The Kier molecular flexibility index (Phi) is 3.64. The summed E-state index contributed by atoms with van der Waals surface area (Å²) in [7, 11) is 0. The molecule has 1 aromatic carbocycles. The van der Waals surface area contributed by atoms with Gasteiger partial charge in [-0.25, -0.2) is 0 Å². The molecule has 2 aromatic heterocycles. The lowest BCUT2D eigenvalue weighted by Gasteiger charge is -2.00. The molecule has 4 nitrogen and oxygen atoms in total. The predicted molar refractivity (Wildman–Crippen MR) is 92.0 cm³/mol. The van der Waals surface area contributed by atoms with E-state index in [0.29, 0.717) is 39.2 Å². The summed E-state index contributed by atoms with van der Waals surface area (Å²) in [5, 5.41) is 1.14. The molecule has 0 saturated heterocycles. The third-order valence-electron chi connectivity index (χ3n) is 3.55. The van der Waals surface area contributed by atoms with E-state index in [-0.39, 0.29) is 5.56 Å². The zero-order chi connectivity index (χ0) is 16.0. The number of rotatable bonds is 2. The molecule has 0 amide bonds. The minimum Gasteiger partial charge on any atom is -0.457 e. The number of hydrogen-bond donors (Lipinski definition) is 0. The Morgan fingerprint density at radius 2 is 2.13 bits per heavy atom. The average Bonchev–Trinajstić information content (AvgIpc) is 3.22. The zero-order valence-electron chi connectivity index (χ0n) is 11.8. The third-order valence-corrected chi connectivity index (χ3v) is 5.16. The first-order valence-electron chi connectivity index (χ1n) is 6.93. The van der Waals surface area contributed by atoms with Gasteiger partial charge in [0.2, 0.25) is 0 Å². The molecule has 0 radical (unpaired) electrons. The van der Waals surface area contributed by atoms with Gasteiger partial charge in [0.25, 0.3) is 5.56 Å². The maximum Gasteiger partial charge on any atom is 0.270 e. The number of thiazole rings is 1. The van der Waals surface area contributed by atoms with Gasteiger partial charge in [-0.15, -0.1) is 0 Å². The van der Waals surface area contributed by atoms with Crippen LogP contribution in [-0.4, -0.2) is 11.1 Å². The molecule has 1 aliphatic rings. The van der Waals surface area contributed by atoms with Gasteiger partial charge in [0, 0.05) is 23.2 Å². The lowest BCUT2D eigenvalue weighted by Crippen LogP contribution is -2.29. The minimum absolute atomic E-state index is 0.0232. The molecule has 3 heterocycles. The van der Waals surface area contributed by atoms with Crippen LogP contribution < -0.4 is 14.9 Å². The summed E-state index contributed by atoms with van der Waals surface area (Å²) in [4.78, 5) is 17.3. The van der Waals surface area contributed by atoms with Crippen molar-refractivity contribution in [2.75, 3.05) is 6.54 Å². The van der Waals surface area contributed by atoms with Gasteiger partial charge in [-0.1, -0.05) is 34.5 Å². The normalized spacial score (nSPS) is 14.1. The lowest BCUT2D eigenvalue weighted by atomic mass is 10.2. The van der Waals surface area contributed by atoms with E-state index in [9.17, 15) is 4.79 Å². The largest absolute Gasteiger partial charge is 0.457 e. The summed E-state index contributed by atoms with van der Waals surface area (Å²) in [6.45, 7) is 1.33. The molecule has 0 unspecified atom stereocenters. The number of benzene rings is 1. The fourth-order valence-corrected chi connectivity index (χ4v) is 3.85. The summed E-state index contributed by atoms with van der Waals surface area (Å²) in [5.41, 5.74) is 0.698. The van der Waals surface area contributed by atoms with E-state index in [2.05, 4.69) is 4.99 Å². The summed E-state index contributed by atoms with van der Waals surface area (Å²) < 4.78 is 8.10. The molecule has 1 aliphatic heterocycles. The van der Waals surface area contributed by atoms with Crippen LogP contribution in [0.1, 0.15) is 5.76 Å². The van der Waals surface area contributed by atoms with E-state index in [1.807, 2.05) is 6.07 Å². The van der Waals surface area contributed by atoms with Crippen LogP contribution >= 0.6 is 34.5 Å². The standard InChI is InChI=1S/C16H10Cl2N2O2S/c17-9-1-3-12(18)11(7-9)13-4-2-10(22-13)8-14-15(21)20-6-5-19-16(20)23-14/h1-4,7-8H,5-6H2. The minimum atomic E-state index is -0.0232. The Hall–Kier alpha value is -1.82.